The second-order valence-corrected chi connectivity index (χ2v) is 8.89. The smallest absolute Gasteiger partial charge is 0.240 e. The van der Waals surface area contributed by atoms with Crippen LogP contribution in [0.3, 0.4) is 0 Å². The Labute approximate surface area is 162 Å². The standard InChI is InChI=1S/C21H28N2O3S/c1-16-9-8-12-20(18(16)3)23(27(4,25)26)15-21(24)22-17(2)13-14-19-10-6-5-7-11-19/h5-12,17H,13-15H2,1-4H3,(H,22,24)/t17-/m0/s1. The maximum Gasteiger partial charge on any atom is 0.240 e. The number of carbonyl (C=O) groups is 1. The fourth-order valence-electron chi connectivity index (χ4n) is 2.94. The number of carbonyl (C=O) groups excluding carboxylic acids is 1. The Morgan fingerprint density at radius 3 is 2.37 bits per heavy atom. The highest BCUT2D eigenvalue weighted by Gasteiger charge is 2.23. The molecule has 6 heteroatoms. The Bertz CT molecular complexity index is 880. The van der Waals surface area contributed by atoms with Gasteiger partial charge in [-0.1, -0.05) is 42.5 Å². The van der Waals surface area contributed by atoms with Crippen LogP contribution in [0.15, 0.2) is 48.5 Å². The molecule has 0 fully saturated rings. The lowest BCUT2D eigenvalue weighted by molar-refractivity contribution is -0.120. The number of hydrogen-bond donors (Lipinski definition) is 1. The molecule has 2 aromatic carbocycles. The number of rotatable bonds is 8. The molecule has 146 valence electrons. The molecule has 0 saturated carbocycles. The molecule has 0 aliphatic heterocycles. The summed E-state index contributed by atoms with van der Waals surface area (Å²) in [5.74, 6) is -0.304. The van der Waals surface area contributed by atoms with E-state index in [0.717, 1.165) is 30.2 Å². The van der Waals surface area contributed by atoms with Crippen molar-refractivity contribution in [2.24, 2.45) is 0 Å². The molecule has 2 aromatic rings. The summed E-state index contributed by atoms with van der Waals surface area (Å²) in [6.45, 7) is 5.50. The van der Waals surface area contributed by atoms with Crippen molar-refractivity contribution in [3.05, 3.63) is 65.2 Å². The van der Waals surface area contributed by atoms with Crippen LogP contribution in [0, 0.1) is 13.8 Å². The number of aryl methyl sites for hydroxylation is 2. The Morgan fingerprint density at radius 1 is 1.07 bits per heavy atom. The number of nitrogens with one attached hydrogen (secondary N) is 1. The number of sulfonamides is 1. The topological polar surface area (TPSA) is 66.5 Å². The van der Waals surface area contributed by atoms with Crippen molar-refractivity contribution in [3.8, 4) is 0 Å². The summed E-state index contributed by atoms with van der Waals surface area (Å²) in [7, 11) is -3.57. The molecule has 0 aromatic heterocycles. The van der Waals surface area contributed by atoms with Gasteiger partial charge in [-0.05, 0) is 56.4 Å². The first-order chi connectivity index (χ1) is 12.7. The molecule has 5 nitrogen and oxygen atoms in total. The van der Waals surface area contributed by atoms with Crippen molar-refractivity contribution < 1.29 is 13.2 Å². The van der Waals surface area contributed by atoms with Crippen LogP contribution in [-0.2, 0) is 21.2 Å². The van der Waals surface area contributed by atoms with Crippen LogP contribution in [0.25, 0.3) is 0 Å². The highest BCUT2D eigenvalue weighted by Crippen LogP contribution is 2.24. The van der Waals surface area contributed by atoms with Gasteiger partial charge in [0.25, 0.3) is 0 Å². The van der Waals surface area contributed by atoms with Gasteiger partial charge in [-0.25, -0.2) is 8.42 Å². The van der Waals surface area contributed by atoms with E-state index in [1.165, 1.54) is 9.87 Å². The van der Waals surface area contributed by atoms with Gasteiger partial charge in [0.1, 0.15) is 6.54 Å². The molecule has 0 bridgehead atoms. The SMILES string of the molecule is Cc1cccc(N(CC(=O)N[C@@H](C)CCc2ccccc2)S(C)(=O)=O)c1C. The largest absolute Gasteiger partial charge is 0.352 e. The van der Waals surface area contributed by atoms with Gasteiger partial charge >= 0.3 is 0 Å². The molecular formula is C21H28N2O3S. The molecule has 2 rings (SSSR count). The summed E-state index contributed by atoms with van der Waals surface area (Å²) in [6, 6.07) is 15.5. The molecule has 1 N–H and O–H groups in total. The zero-order valence-corrected chi connectivity index (χ0v) is 17.2. The first kappa shape index (κ1) is 21.0. The third kappa shape index (κ3) is 6.10. The Kier molecular flexibility index (Phi) is 7.02. The maximum atomic E-state index is 12.5. The lowest BCUT2D eigenvalue weighted by atomic mass is 10.1. The molecule has 0 saturated heterocycles. The lowest BCUT2D eigenvalue weighted by Crippen LogP contribution is -2.43. The van der Waals surface area contributed by atoms with Crippen molar-refractivity contribution in [1.82, 2.24) is 5.32 Å². The van der Waals surface area contributed by atoms with Gasteiger partial charge in [0.15, 0.2) is 0 Å². The van der Waals surface area contributed by atoms with Gasteiger partial charge in [-0.2, -0.15) is 0 Å². The average Bonchev–Trinajstić information content (AvgIpc) is 2.60. The van der Waals surface area contributed by atoms with Crippen LogP contribution in [0.5, 0.6) is 0 Å². The Balaban J connectivity index is 2.03. The molecule has 1 atom stereocenters. The molecule has 1 amide bonds. The van der Waals surface area contributed by atoms with Gasteiger partial charge in [-0.15, -0.1) is 0 Å². The van der Waals surface area contributed by atoms with E-state index in [-0.39, 0.29) is 18.5 Å². The summed E-state index contributed by atoms with van der Waals surface area (Å²) >= 11 is 0. The third-order valence-electron chi connectivity index (χ3n) is 4.65. The molecule has 27 heavy (non-hydrogen) atoms. The fourth-order valence-corrected chi connectivity index (χ4v) is 3.84. The van der Waals surface area contributed by atoms with Crippen molar-refractivity contribution >= 4 is 21.6 Å². The fraction of sp³-hybridized carbons (Fsp3) is 0.381. The van der Waals surface area contributed by atoms with E-state index in [4.69, 9.17) is 0 Å². The van der Waals surface area contributed by atoms with Crippen LogP contribution in [0.2, 0.25) is 0 Å². The van der Waals surface area contributed by atoms with Crippen LogP contribution in [0.4, 0.5) is 5.69 Å². The molecule has 0 spiro atoms. The molecular weight excluding hydrogens is 360 g/mol. The first-order valence-electron chi connectivity index (χ1n) is 9.05. The molecule has 0 aliphatic carbocycles. The van der Waals surface area contributed by atoms with Crippen molar-refractivity contribution in [3.63, 3.8) is 0 Å². The van der Waals surface area contributed by atoms with E-state index in [0.29, 0.717) is 5.69 Å². The summed E-state index contributed by atoms with van der Waals surface area (Å²) in [5, 5.41) is 2.91. The zero-order chi connectivity index (χ0) is 20.0. The minimum atomic E-state index is -3.57. The van der Waals surface area contributed by atoms with Gasteiger partial charge in [0.2, 0.25) is 15.9 Å². The van der Waals surface area contributed by atoms with Gasteiger partial charge in [0, 0.05) is 6.04 Å². The number of amides is 1. The number of hydrogen-bond acceptors (Lipinski definition) is 3. The van der Waals surface area contributed by atoms with Crippen molar-refractivity contribution in [2.75, 3.05) is 17.1 Å². The van der Waals surface area contributed by atoms with E-state index >= 15 is 0 Å². The van der Waals surface area contributed by atoms with E-state index in [1.807, 2.05) is 45.0 Å². The highest BCUT2D eigenvalue weighted by atomic mass is 32.2. The minimum Gasteiger partial charge on any atom is -0.352 e. The van der Waals surface area contributed by atoms with E-state index in [9.17, 15) is 13.2 Å². The summed E-state index contributed by atoms with van der Waals surface area (Å²) in [6.07, 6.45) is 2.77. The van der Waals surface area contributed by atoms with Crippen LogP contribution < -0.4 is 9.62 Å². The van der Waals surface area contributed by atoms with Gasteiger partial charge in [-0.3, -0.25) is 9.10 Å². The van der Waals surface area contributed by atoms with Gasteiger partial charge < -0.3 is 5.32 Å². The second kappa shape index (κ2) is 9.04. The first-order valence-corrected chi connectivity index (χ1v) is 10.9. The summed E-state index contributed by atoms with van der Waals surface area (Å²) in [4.78, 5) is 12.5. The van der Waals surface area contributed by atoms with E-state index < -0.39 is 10.0 Å². The Morgan fingerprint density at radius 2 is 1.74 bits per heavy atom. The quantitative estimate of drug-likeness (QED) is 0.755. The molecule has 0 heterocycles. The van der Waals surface area contributed by atoms with E-state index in [2.05, 4.69) is 17.4 Å². The molecule has 0 unspecified atom stereocenters. The lowest BCUT2D eigenvalue weighted by Gasteiger charge is -2.25. The zero-order valence-electron chi connectivity index (χ0n) is 16.4. The predicted molar refractivity (Wildman–Crippen MR) is 110 cm³/mol. The number of anilines is 1. The Hall–Kier alpha value is -2.34. The molecule has 0 radical (unpaired) electrons. The van der Waals surface area contributed by atoms with Gasteiger partial charge in [0.05, 0.1) is 11.9 Å². The summed E-state index contributed by atoms with van der Waals surface area (Å²) in [5.41, 5.74) is 3.60. The maximum absolute atomic E-state index is 12.5. The number of nitrogens with zero attached hydrogens (tertiary/aromatic N) is 1. The monoisotopic (exact) mass is 388 g/mol. The average molecular weight is 389 g/mol. The number of benzene rings is 2. The normalized spacial score (nSPS) is 12.4. The third-order valence-corrected chi connectivity index (χ3v) is 5.77. The van der Waals surface area contributed by atoms with Crippen molar-refractivity contribution in [1.29, 1.82) is 0 Å². The minimum absolute atomic E-state index is 0.0438. The van der Waals surface area contributed by atoms with E-state index in [1.54, 1.807) is 12.1 Å². The highest BCUT2D eigenvalue weighted by molar-refractivity contribution is 7.92. The molecule has 0 aliphatic rings. The van der Waals surface area contributed by atoms with Crippen molar-refractivity contribution in [2.45, 2.75) is 39.7 Å². The van der Waals surface area contributed by atoms with Crippen LogP contribution in [0.1, 0.15) is 30.0 Å². The predicted octanol–water partition coefficient (Wildman–Crippen LogP) is 3.21. The summed E-state index contributed by atoms with van der Waals surface area (Å²) < 4.78 is 25.7. The van der Waals surface area contributed by atoms with Crippen LogP contribution >= 0.6 is 0 Å². The second-order valence-electron chi connectivity index (χ2n) is 6.98. The van der Waals surface area contributed by atoms with Crippen LogP contribution in [-0.4, -0.2) is 33.2 Å².